The number of benzene rings is 1. The summed E-state index contributed by atoms with van der Waals surface area (Å²) in [5, 5.41) is 2.70. The third-order valence-corrected chi connectivity index (χ3v) is 4.05. The minimum absolute atomic E-state index is 0.0153. The first-order chi connectivity index (χ1) is 12.6. The monoisotopic (exact) mass is 365 g/mol. The number of hydrogen-bond donors (Lipinski definition) is 2. The molecule has 0 aliphatic carbocycles. The molecule has 1 aliphatic heterocycles. The lowest BCUT2D eigenvalue weighted by atomic mass is 9.98. The number of amides is 2. The van der Waals surface area contributed by atoms with E-state index in [1.807, 2.05) is 0 Å². The maximum Gasteiger partial charge on any atom is 0.254 e. The summed E-state index contributed by atoms with van der Waals surface area (Å²) in [5.74, 6) is 0.146. The molecule has 3 N–H and O–H groups in total. The van der Waals surface area contributed by atoms with E-state index in [1.54, 1.807) is 25.3 Å². The molecule has 2 rings (SSSR count). The van der Waals surface area contributed by atoms with Crippen molar-refractivity contribution in [3.8, 4) is 5.75 Å². The normalized spacial score (nSPS) is 14.2. The van der Waals surface area contributed by atoms with Gasteiger partial charge in [0.15, 0.2) is 0 Å². The summed E-state index contributed by atoms with van der Waals surface area (Å²) in [6, 6.07) is 5.10. The Morgan fingerprint density at radius 1 is 1.46 bits per heavy atom. The zero-order valence-corrected chi connectivity index (χ0v) is 14.8. The fourth-order valence-electron chi connectivity index (χ4n) is 2.59. The summed E-state index contributed by atoms with van der Waals surface area (Å²) in [6.45, 7) is 1.45. The number of nitrogens with one attached hydrogen (secondary N) is 1. The summed E-state index contributed by atoms with van der Waals surface area (Å²) in [7, 11) is 1.56. The lowest BCUT2D eigenvalue weighted by Crippen LogP contribution is -2.44. The van der Waals surface area contributed by atoms with Gasteiger partial charge in [-0.05, 0) is 30.2 Å². The van der Waals surface area contributed by atoms with Crippen LogP contribution in [-0.4, -0.2) is 63.2 Å². The van der Waals surface area contributed by atoms with Crippen LogP contribution in [0.5, 0.6) is 5.75 Å². The number of methoxy groups -OCH3 is 1. The van der Waals surface area contributed by atoms with Crippen molar-refractivity contribution in [1.29, 1.82) is 0 Å². The Labute approximate surface area is 151 Å². The molecule has 26 heavy (non-hydrogen) atoms. The van der Waals surface area contributed by atoms with E-state index in [4.69, 9.17) is 15.2 Å². The molecular weight excluding hydrogens is 341 g/mol. The molecule has 0 bridgehead atoms. The van der Waals surface area contributed by atoms with Crippen molar-refractivity contribution in [2.45, 2.75) is 6.42 Å². The molecule has 0 radical (unpaired) electrons. The number of fused-ring (bicyclic) bond motifs is 1. The lowest BCUT2D eigenvalue weighted by Gasteiger charge is -2.28. The first kappa shape index (κ1) is 19.9. The van der Waals surface area contributed by atoms with E-state index < -0.39 is 0 Å². The third kappa shape index (κ3) is 5.27. The highest BCUT2D eigenvalue weighted by Gasteiger charge is 2.26. The van der Waals surface area contributed by atoms with Gasteiger partial charge in [-0.2, -0.15) is 0 Å². The zero-order chi connectivity index (χ0) is 18.9. The van der Waals surface area contributed by atoms with Gasteiger partial charge in [-0.1, -0.05) is 0 Å². The van der Waals surface area contributed by atoms with Crippen molar-refractivity contribution in [1.82, 2.24) is 10.2 Å². The van der Waals surface area contributed by atoms with Crippen molar-refractivity contribution >= 4 is 11.8 Å². The van der Waals surface area contributed by atoms with E-state index in [-0.39, 0.29) is 31.5 Å². The molecule has 0 atom stereocenters. The van der Waals surface area contributed by atoms with Crippen LogP contribution in [0.3, 0.4) is 0 Å². The molecule has 0 spiro atoms. The van der Waals surface area contributed by atoms with Crippen LogP contribution in [0.2, 0.25) is 0 Å². The standard InChI is InChI=1S/C18H24FN3O4/c1-25-7-5-21-17(23)11-22-6-4-14-8-15(2-3-16(14)18(22)24)26-12-13(9-19)10-20/h2-3,8-9H,4-7,10-12,20H2,1H3,(H,21,23)/b13-9+. The predicted molar refractivity (Wildman–Crippen MR) is 94.7 cm³/mol. The molecule has 0 aromatic heterocycles. The maximum atomic E-state index is 12.6. The van der Waals surface area contributed by atoms with Gasteiger partial charge in [0.2, 0.25) is 5.91 Å². The second kappa shape index (κ2) is 9.88. The molecule has 1 aromatic carbocycles. The van der Waals surface area contributed by atoms with Crippen LogP contribution in [0, 0.1) is 0 Å². The van der Waals surface area contributed by atoms with Crippen molar-refractivity contribution in [3.05, 3.63) is 41.2 Å². The highest BCUT2D eigenvalue weighted by atomic mass is 19.1. The molecular formula is C18H24FN3O4. The maximum absolute atomic E-state index is 12.6. The molecule has 1 aromatic rings. The Morgan fingerprint density at radius 3 is 2.96 bits per heavy atom. The van der Waals surface area contributed by atoms with Crippen LogP contribution in [0.4, 0.5) is 4.39 Å². The summed E-state index contributed by atoms with van der Waals surface area (Å²) in [6.07, 6.45) is 1.06. The highest BCUT2D eigenvalue weighted by Crippen LogP contribution is 2.24. The number of ether oxygens (including phenoxy) is 2. The number of nitrogens with two attached hydrogens (primary N) is 1. The van der Waals surface area contributed by atoms with Crippen molar-refractivity contribution in [3.63, 3.8) is 0 Å². The van der Waals surface area contributed by atoms with Gasteiger partial charge in [-0.25, -0.2) is 4.39 Å². The van der Waals surface area contributed by atoms with Crippen LogP contribution in [0.15, 0.2) is 30.1 Å². The van der Waals surface area contributed by atoms with Gasteiger partial charge in [0.05, 0.1) is 19.5 Å². The number of hydrogen-bond acceptors (Lipinski definition) is 5. The van der Waals surface area contributed by atoms with Gasteiger partial charge in [0, 0.05) is 37.9 Å². The summed E-state index contributed by atoms with van der Waals surface area (Å²) in [5.41, 5.74) is 7.14. The summed E-state index contributed by atoms with van der Waals surface area (Å²) < 4.78 is 22.9. The fourth-order valence-corrected chi connectivity index (χ4v) is 2.59. The highest BCUT2D eigenvalue weighted by molar-refractivity contribution is 5.98. The number of rotatable bonds is 9. The van der Waals surface area contributed by atoms with E-state index in [0.29, 0.717) is 49.3 Å². The quantitative estimate of drug-likeness (QED) is 0.627. The smallest absolute Gasteiger partial charge is 0.254 e. The second-order valence-corrected chi connectivity index (χ2v) is 5.90. The zero-order valence-electron chi connectivity index (χ0n) is 14.8. The molecule has 8 heteroatoms. The Morgan fingerprint density at radius 2 is 2.27 bits per heavy atom. The lowest BCUT2D eigenvalue weighted by molar-refractivity contribution is -0.122. The van der Waals surface area contributed by atoms with E-state index in [9.17, 15) is 14.0 Å². The van der Waals surface area contributed by atoms with Crippen molar-refractivity contribution in [2.24, 2.45) is 5.73 Å². The summed E-state index contributed by atoms with van der Waals surface area (Å²) >= 11 is 0. The Hall–Kier alpha value is -2.45. The molecule has 2 amide bonds. The molecule has 0 unspecified atom stereocenters. The molecule has 1 heterocycles. The van der Waals surface area contributed by atoms with Gasteiger partial charge in [-0.15, -0.1) is 0 Å². The largest absolute Gasteiger partial charge is 0.489 e. The Kier molecular flexibility index (Phi) is 7.55. The van der Waals surface area contributed by atoms with Crippen LogP contribution in [-0.2, 0) is 16.0 Å². The van der Waals surface area contributed by atoms with E-state index in [2.05, 4.69) is 5.32 Å². The molecule has 0 fully saturated rings. The van der Waals surface area contributed by atoms with Crippen LogP contribution in [0.25, 0.3) is 0 Å². The molecule has 0 saturated carbocycles. The van der Waals surface area contributed by atoms with Gasteiger partial charge in [0.1, 0.15) is 12.4 Å². The van der Waals surface area contributed by atoms with Crippen LogP contribution >= 0.6 is 0 Å². The molecule has 0 saturated heterocycles. The van der Waals surface area contributed by atoms with Crippen molar-refractivity contribution in [2.75, 3.05) is 46.5 Å². The third-order valence-electron chi connectivity index (χ3n) is 4.05. The number of halogens is 1. The molecule has 1 aliphatic rings. The van der Waals surface area contributed by atoms with Gasteiger partial charge in [-0.3, -0.25) is 9.59 Å². The fraction of sp³-hybridized carbons (Fsp3) is 0.444. The topological polar surface area (TPSA) is 93.9 Å². The van der Waals surface area contributed by atoms with E-state index in [0.717, 1.165) is 5.56 Å². The Bertz CT molecular complexity index is 678. The molecule has 7 nitrogen and oxygen atoms in total. The van der Waals surface area contributed by atoms with Gasteiger partial charge in [0.25, 0.3) is 5.91 Å². The summed E-state index contributed by atoms with van der Waals surface area (Å²) in [4.78, 5) is 26.0. The first-order valence-corrected chi connectivity index (χ1v) is 8.37. The van der Waals surface area contributed by atoms with E-state index >= 15 is 0 Å². The number of carbonyl (C=O) groups is 2. The average molecular weight is 365 g/mol. The minimum atomic E-state index is -0.217. The average Bonchev–Trinajstić information content (AvgIpc) is 2.65. The number of carbonyl (C=O) groups excluding carboxylic acids is 2. The van der Waals surface area contributed by atoms with Gasteiger partial charge >= 0.3 is 0 Å². The second-order valence-electron chi connectivity index (χ2n) is 5.90. The van der Waals surface area contributed by atoms with Crippen LogP contribution in [0.1, 0.15) is 15.9 Å². The number of nitrogens with zero attached hydrogens (tertiary/aromatic N) is 1. The first-order valence-electron chi connectivity index (χ1n) is 8.37. The minimum Gasteiger partial charge on any atom is -0.489 e. The predicted octanol–water partition coefficient (Wildman–Crippen LogP) is 0.638. The van der Waals surface area contributed by atoms with Crippen molar-refractivity contribution < 1.29 is 23.5 Å². The van der Waals surface area contributed by atoms with Gasteiger partial charge < -0.3 is 25.4 Å². The SMILES string of the molecule is COCCNC(=O)CN1CCc2cc(OC/C(=C/F)CN)ccc2C1=O. The molecule has 142 valence electrons. The van der Waals surface area contributed by atoms with E-state index in [1.165, 1.54) is 4.90 Å². The van der Waals surface area contributed by atoms with Crippen LogP contribution < -0.4 is 15.8 Å². The Balaban J connectivity index is 1.96.